The first-order valence-corrected chi connectivity index (χ1v) is 7.80. The fourth-order valence-electron chi connectivity index (χ4n) is 1.58. The van der Waals surface area contributed by atoms with E-state index in [1.807, 2.05) is 13.8 Å². The van der Waals surface area contributed by atoms with Crippen molar-refractivity contribution in [2.75, 3.05) is 6.54 Å². The molecule has 1 aromatic rings. The Morgan fingerprint density at radius 2 is 2.16 bits per heavy atom. The van der Waals surface area contributed by atoms with Gasteiger partial charge >= 0.3 is 0 Å². The SMILES string of the molecule is CCC(C)C(C)(O)CNS(=O)(=O)c1cn(C)c(C)n1. The van der Waals surface area contributed by atoms with Gasteiger partial charge in [0, 0.05) is 19.8 Å². The van der Waals surface area contributed by atoms with Gasteiger partial charge in [-0.3, -0.25) is 0 Å². The van der Waals surface area contributed by atoms with Crippen molar-refractivity contribution in [1.29, 1.82) is 0 Å². The number of rotatable bonds is 6. The lowest BCUT2D eigenvalue weighted by atomic mass is 9.89. The van der Waals surface area contributed by atoms with Crippen molar-refractivity contribution in [3.05, 3.63) is 12.0 Å². The summed E-state index contributed by atoms with van der Waals surface area (Å²) in [6.45, 7) is 7.18. The molecule has 0 aromatic carbocycles. The maximum Gasteiger partial charge on any atom is 0.259 e. The van der Waals surface area contributed by atoms with E-state index < -0.39 is 15.6 Å². The van der Waals surface area contributed by atoms with E-state index in [0.29, 0.717) is 5.82 Å². The third-order valence-corrected chi connectivity index (χ3v) is 4.93. The lowest BCUT2D eigenvalue weighted by Gasteiger charge is -2.29. The summed E-state index contributed by atoms with van der Waals surface area (Å²) in [6, 6.07) is 0. The Bertz CT molecular complexity index is 515. The molecule has 0 saturated carbocycles. The van der Waals surface area contributed by atoms with Gasteiger partial charge in [0.15, 0.2) is 5.03 Å². The maximum atomic E-state index is 12.1. The van der Waals surface area contributed by atoms with E-state index in [0.717, 1.165) is 6.42 Å². The van der Waals surface area contributed by atoms with Crippen LogP contribution < -0.4 is 4.72 Å². The molecule has 0 aliphatic rings. The molecule has 0 spiro atoms. The molecule has 6 nitrogen and oxygen atoms in total. The molecule has 1 heterocycles. The highest BCUT2D eigenvalue weighted by molar-refractivity contribution is 7.89. The van der Waals surface area contributed by atoms with Crippen LogP contribution in [0.5, 0.6) is 0 Å². The smallest absolute Gasteiger partial charge is 0.259 e. The summed E-state index contributed by atoms with van der Waals surface area (Å²) in [4.78, 5) is 3.98. The normalized spacial score (nSPS) is 17.2. The first-order valence-electron chi connectivity index (χ1n) is 6.32. The molecule has 0 fully saturated rings. The summed E-state index contributed by atoms with van der Waals surface area (Å²) in [5.74, 6) is 0.620. The largest absolute Gasteiger partial charge is 0.389 e. The molecule has 19 heavy (non-hydrogen) atoms. The molecular formula is C12H23N3O3S. The number of nitrogens with one attached hydrogen (secondary N) is 1. The van der Waals surface area contributed by atoms with E-state index in [4.69, 9.17) is 0 Å². The quantitative estimate of drug-likeness (QED) is 0.811. The number of sulfonamides is 1. The highest BCUT2D eigenvalue weighted by Crippen LogP contribution is 2.19. The van der Waals surface area contributed by atoms with Crippen LogP contribution in [-0.2, 0) is 17.1 Å². The van der Waals surface area contributed by atoms with Gasteiger partial charge in [0.25, 0.3) is 10.0 Å². The van der Waals surface area contributed by atoms with Crippen LogP contribution in [0.1, 0.15) is 33.0 Å². The third-order valence-electron chi connectivity index (χ3n) is 3.66. The van der Waals surface area contributed by atoms with Gasteiger partial charge in [-0.1, -0.05) is 20.3 Å². The van der Waals surface area contributed by atoms with E-state index in [1.54, 1.807) is 25.5 Å². The number of imidazole rings is 1. The third kappa shape index (κ3) is 3.77. The summed E-state index contributed by atoms with van der Waals surface area (Å²) in [6.07, 6.45) is 2.23. The summed E-state index contributed by atoms with van der Waals surface area (Å²) in [7, 11) is -1.95. The molecule has 0 amide bonds. The fraction of sp³-hybridized carbons (Fsp3) is 0.750. The predicted molar refractivity (Wildman–Crippen MR) is 73.2 cm³/mol. The van der Waals surface area contributed by atoms with Crippen LogP contribution in [0.15, 0.2) is 11.2 Å². The van der Waals surface area contributed by atoms with Crippen LogP contribution in [0.4, 0.5) is 0 Å². The Balaban J connectivity index is 2.82. The van der Waals surface area contributed by atoms with Crippen LogP contribution in [-0.4, -0.2) is 35.2 Å². The molecule has 7 heteroatoms. The van der Waals surface area contributed by atoms with Crippen LogP contribution >= 0.6 is 0 Å². The number of nitrogens with zero attached hydrogens (tertiary/aromatic N) is 2. The predicted octanol–water partition coefficient (Wildman–Crippen LogP) is 0.804. The molecule has 0 aliphatic heterocycles. The van der Waals surface area contributed by atoms with Crippen molar-refractivity contribution >= 4 is 10.0 Å². The average molecular weight is 289 g/mol. The van der Waals surface area contributed by atoms with E-state index in [-0.39, 0.29) is 17.5 Å². The van der Waals surface area contributed by atoms with Crippen LogP contribution in [0.3, 0.4) is 0 Å². The van der Waals surface area contributed by atoms with Crippen LogP contribution in [0, 0.1) is 12.8 Å². The zero-order valence-corrected chi connectivity index (χ0v) is 13.0. The molecule has 1 rings (SSSR count). The lowest BCUT2D eigenvalue weighted by Crippen LogP contribution is -2.45. The summed E-state index contributed by atoms with van der Waals surface area (Å²) in [5.41, 5.74) is -1.08. The number of aryl methyl sites for hydroxylation is 2. The average Bonchev–Trinajstić information content (AvgIpc) is 2.67. The number of hydrogen-bond acceptors (Lipinski definition) is 4. The second kappa shape index (κ2) is 5.60. The van der Waals surface area contributed by atoms with E-state index in [2.05, 4.69) is 9.71 Å². The second-order valence-electron chi connectivity index (χ2n) is 5.23. The maximum absolute atomic E-state index is 12.1. The first kappa shape index (κ1) is 16.1. The van der Waals surface area contributed by atoms with Crippen LogP contribution in [0.25, 0.3) is 0 Å². The van der Waals surface area contributed by atoms with Gasteiger partial charge in [-0.25, -0.2) is 18.1 Å². The van der Waals surface area contributed by atoms with Gasteiger partial charge in [-0.15, -0.1) is 0 Å². The lowest BCUT2D eigenvalue weighted by molar-refractivity contribution is 0.0102. The standard InChI is InChI=1S/C12H23N3O3S/c1-6-9(2)12(4,16)8-13-19(17,18)11-7-15(5)10(3)14-11/h7,9,13,16H,6,8H2,1-5H3. The summed E-state index contributed by atoms with van der Waals surface area (Å²) in [5, 5.41) is 10.2. The summed E-state index contributed by atoms with van der Waals surface area (Å²) < 4.78 is 28.2. The van der Waals surface area contributed by atoms with Crippen molar-refractivity contribution < 1.29 is 13.5 Å². The van der Waals surface area contributed by atoms with E-state index in [1.165, 1.54) is 6.20 Å². The highest BCUT2D eigenvalue weighted by Gasteiger charge is 2.29. The molecular weight excluding hydrogens is 266 g/mol. The molecule has 0 bridgehead atoms. The Kier molecular flexibility index (Phi) is 4.76. The molecule has 2 N–H and O–H groups in total. The van der Waals surface area contributed by atoms with E-state index >= 15 is 0 Å². The highest BCUT2D eigenvalue weighted by atomic mass is 32.2. The Labute approximate surface area is 114 Å². The molecule has 0 radical (unpaired) electrons. The number of aliphatic hydroxyl groups is 1. The molecule has 1 aromatic heterocycles. The van der Waals surface area contributed by atoms with Crippen molar-refractivity contribution in [1.82, 2.24) is 14.3 Å². The first-order chi connectivity index (χ1) is 8.60. The fourth-order valence-corrected chi connectivity index (χ4v) is 2.76. The minimum atomic E-state index is -3.68. The van der Waals surface area contributed by atoms with E-state index in [9.17, 15) is 13.5 Å². The zero-order valence-electron chi connectivity index (χ0n) is 12.1. The number of aromatic nitrogens is 2. The van der Waals surface area contributed by atoms with Gasteiger partial charge in [0.1, 0.15) is 5.82 Å². The van der Waals surface area contributed by atoms with Gasteiger partial charge in [0.05, 0.1) is 5.60 Å². The van der Waals surface area contributed by atoms with Gasteiger partial charge in [-0.05, 0) is 19.8 Å². The Morgan fingerprint density at radius 1 is 1.58 bits per heavy atom. The van der Waals surface area contributed by atoms with Crippen molar-refractivity contribution in [3.63, 3.8) is 0 Å². The van der Waals surface area contributed by atoms with Gasteiger partial charge < -0.3 is 9.67 Å². The Morgan fingerprint density at radius 3 is 2.58 bits per heavy atom. The van der Waals surface area contributed by atoms with Crippen LogP contribution in [0.2, 0.25) is 0 Å². The topological polar surface area (TPSA) is 84.2 Å². The molecule has 0 saturated heterocycles. The minimum absolute atomic E-state index is 0.000619. The number of hydrogen-bond donors (Lipinski definition) is 2. The Hall–Kier alpha value is -0.920. The van der Waals surface area contributed by atoms with Gasteiger partial charge in [-0.2, -0.15) is 0 Å². The molecule has 2 atom stereocenters. The van der Waals surface area contributed by atoms with Crippen molar-refractivity contribution in [2.45, 2.75) is 44.7 Å². The zero-order chi connectivity index (χ0) is 14.8. The summed E-state index contributed by atoms with van der Waals surface area (Å²) >= 11 is 0. The van der Waals surface area contributed by atoms with Gasteiger partial charge in [0.2, 0.25) is 0 Å². The minimum Gasteiger partial charge on any atom is -0.389 e. The monoisotopic (exact) mass is 289 g/mol. The molecule has 2 unspecified atom stereocenters. The molecule has 0 aliphatic carbocycles. The van der Waals surface area contributed by atoms with Crippen molar-refractivity contribution in [2.24, 2.45) is 13.0 Å². The molecule has 110 valence electrons. The second-order valence-corrected chi connectivity index (χ2v) is 6.94. The van der Waals surface area contributed by atoms with Crippen molar-refractivity contribution in [3.8, 4) is 0 Å².